The molecule has 4 atom stereocenters. The van der Waals surface area contributed by atoms with Gasteiger partial charge in [0.05, 0.1) is 11.7 Å². The first-order chi connectivity index (χ1) is 10.0. The third-order valence-corrected chi connectivity index (χ3v) is 5.28. The van der Waals surface area contributed by atoms with E-state index in [0.29, 0.717) is 5.92 Å². The van der Waals surface area contributed by atoms with E-state index < -0.39 is 0 Å². The molecule has 1 aromatic heterocycles. The molecule has 5 heteroatoms. The summed E-state index contributed by atoms with van der Waals surface area (Å²) in [7, 11) is 0. The van der Waals surface area contributed by atoms with Crippen LogP contribution in [-0.4, -0.2) is 17.7 Å². The Bertz CT molecular complexity index is 506. The zero-order valence-electron chi connectivity index (χ0n) is 13.1. The number of rotatable bonds is 4. The van der Waals surface area contributed by atoms with Crippen LogP contribution in [0.25, 0.3) is 0 Å². The van der Waals surface area contributed by atoms with Crippen molar-refractivity contribution < 1.29 is 9.32 Å². The SMILES string of the molecule is Cc1noc(C)c1[C@H](C)NC(=O)NC[C@H]1C[C@H]2CC[C@H]1C2. The van der Waals surface area contributed by atoms with Gasteiger partial charge < -0.3 is 15.2 Å². The van der Waals surface area contributed by atoms with Crippen molar-refractivity contribution in [3.8, 4) is 0 Å². The summed E-state index contributed by atoms with van der Waals surface area (Å²) in [6, 6.07) is -0.179. The van der Waals surface area contributed by atoms with Gasteiger partial charge >= 0.3 is 6.03 Å². The van der Waals surface area contributed by atoms with Gasteiger partial charge in [-0.2, -0.15) is 0 Å². The smallest absolute Gasteiger partial charge is 0.315 e. The van der Waals surface area contributed by atoms with Crippen molar-refractivity contribution in [2.75, 3.05) is 6.54 Å². The molecule has 2 fully saturated rings. The molecule has 0 aromatic carbocycles. The molecule has 0 unspecified atom stereocenters. The molecule has 3 rings (SSSR count). The number of carbonyl (C=O) groups excluding carboxylic acids is 1. The van der Waals surface area contributed by atoms with Crippen LogP contribution in [0, 0.1) is 31.6 Å². The monoisotopic (exact) mass is 291 g/mol. The summed E-state index contributed by atoms with van der Waals surface area (Å²) in [4.78, 5) is 12.1. The van der Waals surface area contributed by atoms with E-state index in [1.165, 1.54) is 25.7 Å². The Morgan fingerprint density at radius 3 is 2.76 bits per heavy atom. The summed E-state index contributed by atoms with van der Waals surface area (Å²) in [6.45, 7) is 6.54. The number of nitrogens with zero attached hydrogens (tertiary/aromatic N) is 1. The fourth-order valence-corrected chi connectivity index (χ4v) is 4.28. The van der Waals surface area contributed by atoms with Crippen LogP contribution >= 0.6 is 0 Å². The minimum absolute atomic E-state index is 0.0868. The predicted molar refractivity (Wildman–Crippen MR) is 79.9 cm³/mol. The summed E-state index contributed by atoms with van der Waals surface area (Å²) in [5, 5.41) is 9.95. The van der Waals surface area contributed by atoms with E-state index in [1.54, 1.807) is 0 Å². The van der Waals surface area contributed by atoms with E-state index in [1.807, 2.05) is 20.8 Å². The van der Waals surface area contributed by atoms with Crippen molar-refractivity contribution in [3.05, 3.63) is 17.0 Å². The van der Waals surface area contributed by atoms with E-state index in [2.05, 4.69) is 15.8 Å². The van der Waals surface area contributed by atoms with Crippen LogP contribution in [0.5, 0.6) is 0 Å². The minimum atomic E-state index is -0.0923. The standard InChI is InChI=1S/C16H25N3O2/c1-9(15-10(2)19-21-11(15)3)18-16(20)17-8-14-7-12-4-5-13(14)6-12/h9,12-14H,4-8H2,1-3H3,(H2,17,18,20)/t9-,12-,13-,14+/m0/s1. The van der Waals surface area contributed by atoms with Crippen molar-refractivity contribution in [1.82, 2.24) is 15.8 Å². The first kappa shape index (κ1) is 14.4. The molecule has 2 N–H and O–H groups in total. The average Bonchev–Trinajstić information content (AvgIpc) is 3.12. The van der Waals surface area contributed by atoms with Gasteiger partial charge in [0.15, 0.2) is 0 Å². The van der Waals surface area contributed by atoms with E-state index >= 15 is 0 Å². The van der Waals surface area contributed by atoms with Crippen LogP contribution < -0.4 is 10.6 Å². The highest BCUT2D eigenvalue weighted by Crippen LogP contribution is 2.47. The van der Waals surface area contributed by atoms with E-state index in [-0.39, 0.29) is 12.1 Å². The molecule has 2 aliphatic carbocycles. The average molecular weight is 291 g/mol. The van der Waals surface area contributed by atoms with Crippen molar-refractivity contribution in [1.29, 1.82) is 0 Å². The van der Waals surface area contributed by atoms with Crippen LogP contribution in [0.1, 0.15) is 55.7 Å². The molecule has 116 valence electrons. The zero-order chi connectivity index (χ0) is 15.0. The summed E-state index contributed by atoms with van der Waals surface area (Å²) in [5.74, 6) is 3.22. The van der Waals surface area contributed by atoms with E-state index in [0.717, 1.165) is 35.4 Å². The molecule has 2 saturated carbocycles. The molecular formula is C16H25N3O2. The second kappa shape index (κ2) is 5.70. The van der Waals surface area contributed by atoms with Crippen molar-refractivity contribution >= 4 is 6.03 Å². The maximum atomic E-state index is 12.1. The molecule has 1 aromatic rings. The van der Waals surface area contributed by atoms with Gasteiger partial charge in [-0.15, -0.1) is 0 Å². The number of fused-ring (bicyclic) bond motifs is 2. The highest BCUT2D eigenvalue weighted by molar-refractivity contribution is 5.74. The van der Waals surface area contributed by atoms with Crippen LogP contribution in [0.3, 0.4) is 0 Å². The molecule has 2 bridgehead atoms. The maximum Gasteiger partial charge on any atom is 0.315 e. The molecule has 2 aliphatic rings. The quantitative estimate of drug-likeness (QED) is 0.895. The minimum Gasteiger partial charge on any atom is -0.361 e. The number of hydrogen-bond donors (Lipinski definition) is 2. The van der Waals surface area contributed by atoms with Crippen molar-refractivity contribution in [2.24, 2.45) is 17.8 Å². The number of aromatic nitrogens is 1. The van der Waals surface area contributed by atoms with E-state index in [4.69, 9.17) is 4.52 Å². The Labute approximate surface area is 125 Å². The van der Waals surface area contributed by atoms with Crippen LogP contribution in [0.15, 0.2) is 4.52 Å². The summed E-state index contributed by atoms with van der Waals surface area (Å²) in [6.07, 6.45) is 5.43. The lowest BCUT2D eigenvalue weighted by molar-refractivity contribution is 0.231. The lowest BCUT2D eigenvalue weighted by atomic mass is 9.89. The Kier molecular flexibility index (Phi) is 3.91. The number of carbonyl (C=O) groups is 1. The Hall–Kier alpha value is -1.52. The van der Waals surface area contributed by atoms with Crippen LogP contribution in [0.4, 0.5) is 4.79 Å². The first-order valence-corrected chi connectivity index (χ1v) is 8.01. The van der Waals surface area contributed by atoms with Crippen LogP contribution in [-0.2, 0) is 0 Å². The lowest BCUT2D eigenvalue weighted by Crippen LogP contribution is -2.40. The normalized spacial score (nSPS) is 28.6. The summed E-state index contributed by atoms with van der Waals surface area (Å²) in [5.41, 5.74) is 1.82. The Morgan fingerprint density at radius 2 is 2.19 bits per heavy atom. The fraction of sp³-hybridized carbons (Fsp3) is 0.750. The van der Waals surface area contributed by atoms with Gasteiger partial charge in [0.25, 0.3) is 0 Å². The fourth-order valence-electron chi connectivity index (χ4n) is 4.28. The Morgan fingerprint density at radius 1 is 1.38 bits per heavy atom. The molecule has 0 aliphatic heterocycles. The largest absolute Gasteiger partial charge is 0.361 e. The molecule has 0 spiro atoms. The number of aryl methyl sites for hydroxylation is 2. The second-order valence-electron chi connectivity index (χ2n) is 6.75. The van der Waals surface area contributed by atoms with Gasteiger partial charge in [0.2, 0.25) is 0 Å². The van der Waals surface area contributed by atoms with Gasteiger partial charge in [0, 0.05) is 12.1 Å². The predicted octanol–water partition coefficient (Wildman–Crippen LogP) is 3.09. The molecule has 21 heavy (non-hydrogen) atoms. The maximum absolute atomic E-state index is 12.1. The lowest BCUT2D eigenvalue weighted by Gasteiger charge is -2.22. The molecule has 0 radical (unpaired) electrons. The zero-order valence-corrected chi connectivity index (χ0v) is 13.1. The molecule has 0 saturated heterocycles. The van der Waals surface area contributed by atoms with Gasteiger partial charge in [-0.1, -0.05) is 11.6 Å². The van der Waals surface area contributed by atoms with Crippen molar-refractivity contribution in [3.63, 3.8) is 0 Å². The third-order valence-electron chi connectivity index (χ3n) is 5.28. The van der Waals surface area contributed by atoms with Crippen molar-refractivity contribution in [2.45, 2.75) is 52.5 Å². The second-order valence-corrected chi connectivity index (χ2v) is 6.75. The topological polar surface area (TPSA) is 67.2 Å². The molecule has 5 nitrogen and oxygen atoms in total. The summed E-state index contributed by atoms with van der Waals surface area (Å²) < 4.78 is 5.15. The highest BCUT2D eigenvalue weighted by Gasteiger charge is 2.39. The number of hydrogen-bond acceptors (Lipinski definition) is 3. The van der Waals surface area contributed by atoms with Crippen LogP contribution in [0.2, 0.25) is 0 Å². The van der Waals surface area contributed by atoms with Gasteiger partial charge in [0.1, 0.15) is 5.76 Å². The number of urea groups is 1. The van der Waals surface area contributed by atoms with E-state index in [9.17, 15) is 4.79 Å². The Balaban J connectivity index is 1.48. The van der Waals surface area contributed by atoms with Gasteiger partial charge in [-0.25, -0.2) is 4.79 Å². The number of amides is 2. The molecule has 2 amide bonds. The summed E-state index contributed by atoms with van der Waals surface area (Å²) >= 11 is 0. The first-order valence-electron chi connectivity index (χ1n) is 8.01. The molecular weight excluding hydrogens is 266 g/mol. The number of nitrogens with one attached hydrogen (secondary N) is 2. The van der Waals surface area contributed by atoms with Gasteiger partial charge in [-0.05, 0) is 57.8 Å². The highest BCUT2D eigenvalue weighted by atomic mass is 16.5. The molecule has 1 heterocycles. The van der Waals surface area contributed by atoms with Gasteiger partial charge in [-0.3, -0.25) is 0 Å². The third kappa shape index (κ3) is 2.92.